The summed E-state index contributed by atoms with van der Waals surface area (Å²) >= 11 is 0. The maximum Gasteiger partial charge on any atom is 0.306 e. The van der Waals surface area contributed by atoms with Crippen LogP contribution >= 0.6 is 0 Å². The van der Waals surface area contributed by atoms with Crippen LogP contribution in [0.5, 0.6) is 0 Å². The van der Waals surface area contributed by atoms with E-state index < -0.39 is 0 Å². The van der Waals surface area contributed by atoms with Gasteiger partial charge in [-0.1, -0.05) is 12.2 Å². The Hall–Kier alpha value is -1.32. The van der Waals surface area contributed by atoms with Crippen LogP contribution in [0.1, 0.15) is 39.5 Å². The summed E-state index contributed by atoms with van der Waals surface area (Å²) < 4.78 is 9.57. The van der Waals surface area contributed by atoms with Crippen molar-refractivity contribution in [2.45, 2.75) is 39.5 Å². The zero-order valence-corrected chi connectivity index (χ0v) is 10.1. The third kappa shape index (κ3) is 8.03. The molecule has 0 rings (SSSR count). The number of hydrogen-bond acceptors (Lipinski definition) is 4. The van der Waals surface area contributed by atoms with Crippen molar-refractivity contribution >= 4 is 11.9 Å². The predicted molar refractivity (Wildman–Crippen MR) is 60.9 cm³/mol. The minimum atomic E-state index is -0.222. The van der Waals surface area contributed by atoms with E-state index in [0.29, 0.717) is 38.9 Å². The lowest BCUT2D eigenvalue weighted by molar-refractivity contribution is -0.143. The number of allylic oxidation sites excluding steroid dienone is 1. The van der Waals surface area contributed by atoms with Crippen LogP contribution in [0.3, 0.4) is 0 Å². The Balaban J connectivity index is 3.59. The second-order valence-electron chi connectivity index (χ2n) is 3.36. The average molecular weight is 228 g/mol. The molecule has 4 nitrogen and oxygen atoms in total. The highest BCUT2D eigenvalue weighted by molar-refractivity contribution is 5.70. The largest absolute Gasteiger partial charge is 0.466 e. The molecular weight excluding hydrogens is 208 g/mol. The highest BCUT2D eigenvalue weighted by Crippen LogP contribution is 2.11. The summed E-state index contributed by atoms with van der Waals surface area (Å²) in [6, 6.07) is 0. The Bertz CT molecular complexity index is 221. The maximum atomic E-state index is 11.0. The smallest absolute Gasteiger partial charge is 0.306 e. The lowest BCUT2D eigenvalue weighted by atomic mass is 10.1. The van der Waals surface area contributed by atoms with Gasteiger partial charge in [0.25, 0.3) is 0 Å². The van der Waals surface area contributed by atoms with Crippen molar-refractivity contribution in [3.63, 3.8) is 0 Å². The molecule has 0 spiro atoms. The van der Waals surface area contributed by atoms with Crippen molar-refractivity contribution in [1.82, 2.24) is 0 Å². The Kier molecular flexibility index (Phi) is 8.21. The van der Waals surface area contributed by atoms with E-state index in [-0.39, 0.29) is 11.9 Å². The summed E-state index contributed by atoms with van der Waals surface area (Å²) in [5, 5.41) is 0. The highest BCUT2D eigenvalue weighted by atomic mass is 16.5. The van der Waals surface area contributed by atoms with E-state index in [1.54, 1.807) is 13.8 Å². The SMILES string of the molecule is C=C(CCC(=O)OCC)CCC(=O)OCC. The quantitative estimate of drug-likeness (QED) is 0.472. The fraction of sp³-hybridized carbons (Fsp3) is 0.667. The Morgan fingerprint density at radius 3 is 1.56 bits per heavy atom. The number of carbonyl (C=O) groups is 2. The average Bonchev–Trinajstić information content (AvgIpc) is 2.24. The lowest BCUT2D eigenvalue weighted by Crippen LogP contribution is -2.06. The monoisotopic (exact) mass is 228 g/mol. The second-order valence-corrected chi connectivity index (χ2v) is 3.36. The zero-order chi connectivity index (χ0) is 12.4. The van der Waals surface area contributed by atoms with E-state index in [1.165, 1.54) is 0 Å². The molecule has 0 aromatic carbocycles. The highest BCUT2D eigenvalue weighted by Gasteiger charge is 2.06. The zero-order valence-electron chi connectivity index (χ0n) is 10.1. The number of ether oxygens (including phenoxy) is 2. The van der Waals surface area contributed by atoms with Gasteiger partial charge in [0, 0.05) is 12.8 Å². The van der Waals surface area contributed by atoms with Gasteiger partial charge in [-0.05, 0) is 26.7 Å². The fourth-order valence-corrected chi connectivity index (χ4v) is 1.15. The molecule has 0 N–H and O–H groups in total. The van der Waals surface area contributed by atoms with E-state index in [1.807, 2.05) is 0 Å². The van der Waals surface area contributed by atoms with Crippen molar-refractivity contribution in [3.05, 3.63) is 12.2 Å². The molecule has 0 saturated heterocycles. The second kappa shape index (κ2) is 8.95. The molecule has 0 radical (unpaired) electrons. The molecule has 0 amide bonds. The number of hydrogen-bond donors (Lipinski definition) is 0. The van der Waals surface area contributed by atoms with E-state index in [2.05, 4.69) is 6.58 Å². The van der Waals surface area contributed by atoms with Crippen LogP contribution in [0.25, 0.3) is 0 Å². The number of esters is 2. The molecule has 0 saturated carbocycles. The van der Waals surface area contributed by atoms with Gasteiger partial charge < -0.3 is 9.47 Å². The first kappa shape index (κ1) is 14.7. The Morgan fingerprint density at radius 2 is 1.25 bits per heavy atom. The van der Waals surface area contributed by atoms with Crippen LogP contribution in [-0.4, -0.2) is 25.2 Å². The fourth-order valence-electron chi connectivity index (χ4n) is 1.15. The molecule has 0 heterocycles. The summed E-state index contributed by atoms with van der Waals surface area (Å²) in [5.41, 5.74) is 0.876. The van der Waals surface area contributed by atoms with Crippen LogP contribution in [-0.2, 0) is 19.1 Å². The molecule has 0 aliphatic heterocycles. The Labute approximate surface area is 96.6 Å². The van der Waals surface area contributed by atoms with Gasteiger partial charge in [-0.3, -0.25) is 9.59 Å². The van der Waals surface area contributed by atoms with E-state index in [0.717, 1.165) is 5.57 Å². The van der Waals surface area contributed by atoms with Gasteiger partial charge in [-0.25, -0.2) is 0 Å². The minimum absolute atomic E-state index is 0.222. The first-order valence-corrected chi connectivity index (χ1v) is 5.58. The molecule has 92 valence electrons. The third-order valence-corrected chi connectivity index (χ3v) is 1.98. The molecule has 0 aliphatic carbocycles. The van der Waals surface area contributed by atoms with Crippen LogP contribution in [0.4, 0.5) is 0 Å². The van der Waals surface area contributed by atoms with Gasteiger partial charge in [0.15, 0.2) is 0 Å². The third-order valence-electron chi connectivity index (χ3n) is 1.98. The van der Waals surface area contributed by atoms with Gasteiger partial charge >= 0.3 is 11.9 Å². The molecule has 0 fully saturated rings. The normalized spacial score (nSPS) is 9.62. The van der Waals surface area contributed by atoms with Gasteiger partial charge in [-0.15, -0.1) is 0 Å². The van der Waals surface area contributed by atoms with Crippen molar-refractivity contribution in [2.75, 3.05) is 13.2 Å². The molecule has 0 bridgehead atoms. The topological polar surface area (TPSA) is 52.6 Å². The summed E-state index contributed by atoms with van der Waals surface area (Å²) in [5.74, 6) is -0.445. The first-order chi connectivity index (χ1) is 7.60. The number of carbonyl (C=O) groups excluding carboxylic acids is 2. The predicted octanol–water partition coefficient (Wildman–Crippen LogP) is 2.23. The standard InChI is InChI=1S/C12H20O4/c1-4-15-11(13)8-6-10(3)7-9-12(14)16-5-2/h3-9H2,1-2H3. The van der Waals surface area contributed by atoms with Crippen molar-refractivity contribution in [2.24, 2.45) is 0 Å². The summed E-state index contributed by atoms with van der Waals surface area (Å²) in [6.07, 6.45) is 1.79. The molecule has 4 heteroatoms. The molecule has 16 heavy (non-hydrogen) atoms. The van der Waals surface area contributed by atoms with Gasteiger partial charge in [0.1, 0.15) is 0 Å². The van der Waals surface area contributed by atoms with Crippen molar-refractivity contribution < 1.29 is 19.1 Å². The summed E-state index contributed by atoms with van der Waals surface area (Å²) in [4.78, 5) is 22.1. The molecule has 0 atom stereocenters. The van der Waals surface area contributed by atoms with Crippen LogP contribution in [0.2, 0.25) is 0 Å². The lowest BCUT2D eigenvalue weighted by Gasteiger charge is -2.05. The molecule has 0 aromatic heterocycles. The Morgan fingerprint density at radius 1 is 0.875 bits per heavy atom. The van der Waals surface area contributed by atoms with Gasteiger partial charge in [-0.2, -0.15) is 0 Å². The molecular formula is C12H20O4. The van der Waals surface area contributed by atoms with Crippen molar-refractivity contribution in [3.8, 4) is 0 Å². The van der Waals surface area contributed by atoms with Gasteiger partial charge in [0.05, 0.1) is 13.2 Å². The van der Waals surface area contributed by atoms with E-state index in [4.69, 9.17) is 9.47 Å². The minimum Gasteiger partial charge on any atom is -0.466 e. The first-order valence-electron chi connectivity index (χ1n) is 5.58. The van der Waals surface area contributed by atoms with E-state index >= 15 is 0 Å². The van der Waals surface area contributed by atoms with Gasteiger partial charge in [0.2, 0.25) is 0 Å². The van der Waals surface area contributed by atoms with Crippen LogP contribution in [0.15, 0.2) is 12.2 Å². The molecule has 0 unspecified atom stereocenters. The maximum absolute atomic E-state index is 11.0. The number of rotatable bonds is 8. The molecule has 0 aromatic rings. The van der Waals surface area contributed by atoms with E-state index in [9.17, 15) is 9.59 Å². The molecule has 0 aliphatic rings. The summed E-state index contributed by atoms with van der Waals surface area (Å²) in [6.45, 7) is 8.14. The van der Waals surface area contributed by atoms with Crippen LogP contribution < -0.4 is 0 Å². The summed E-state index contributed by atoms with van der Waals surface area (Å²) in [7, 11) is 0. The van der Waals surface area contributed by atoms with Crippen molar-refractivity contribution in [1.29, 1.82) is 0 Å². The van der Waals surface area contributed by atoms with Crippen LogP contribution in [0, 0.1) is 0 Å².